The topological polar surface area (TPSA) is 69.9 Å². The van der Waals surface area contributed by atoms with Gasteiger partial charge >= 0.3 is 0 Å². The molecule has 0 radical (unpaired) electrons. The molecule has 4 heteroatoms. The molecule has 3 N–H and O–H groups in total. The number of fused-ring (bicyclic) bond motifs is 2. The van der Waals surface area contributed by atoms with Crippen molar-refractivity contribution >= 4 is 0 Å². The van der Waals surface area contributed by atoms with Crippen LogP contribution in [0.1, 0.15) is 72.6 Å². The van der Waals surface area contributed by atoms with Crippen molar-refractivity contribution in [3.63, 3.8) is 0 Å². The van der Waals surface area contributed by atoms with Crippen LogP contribution in [0, 0.1) is 22.7 Å². The second kappa shape index (κ2) is 5.94. The van der Waals surface area contributed by atoms with Crippen LogP contribution < -0.4 is 0 Å². The lowest BCUT2D eigenvalue weighted by Gasteiger charge is -2.65. The number of aliphatic hydroxyl groups excluding tert-OH is 3. The molecule has 6 atom stereocenters. The zero-order valence-corrected chi connectivity index (χ0v) is 15.8. The molecule has 1 aliphatic heterocycles. The van der Waals surface area contributed by atoms with Crippen LogP contribution in [0.3, 0.4) is 0 Å². The molecule has 0 aromatic carbocycles. The summed E-state index contributed by atoms with van der Waals surface area (Å²) in [6.45, 7) is 9.13. The average molecular weight is 341 g/mol. The first-order valence-electron chi connectivity index (χ1n) is 9.76. The fraction of sp³-hybridized carbons (Fsp3) is 1.00. The van der Waals surface area contributed by atoms with Crippen molar-refractivity contribution in [2.24, 2.45) is 22.7 Å². The molecule has 24 heavy (non-hydrogen) atoms. The van der Waals surface area contributed by atoms with Crippen LogP contribution in [-0.2, 0) is 4.74 Å². The zero-order valence-electron chi connectivity index (χ0n) is 15.8. The van der Waals surface area contributed by atoms with Crippen molar-refractivity contribution in [1.82, 2.24) is 0 Å². The monoisotopic (exact) mass is 340 g/mol. The van der Waals surface area contributed by atoms with Crippen molar-refractivity contribution in [2.45, 2.75) is 89.9 Å². The highest BCUT2D eigenvalue weighted by atomic mass is 16.5. The van der Waals surface area contributed by atoms with Crippen LogP contribution in [0.4, 0.5) is 0 Å². The summed E-state index contributed by atoms with van der Waals surface area (Å²) in [6, 6.07) is 0. The Hall–Kier alpha value is -0.160. The van der Waals surface area contributed by atoms with Gasteiger partial charge in [-0.1, -0.05) is 34.1 Å². The quantitative estimate of drug-likeness (QED) is 0.739. The van der Waals surface area contributed by atoms with E-state index < -0.39 is 5.60 Å². The van der Waals surface area contributed by atoms with Crippen LogP contribution in [-0.4, -0.2) is 45.8 Å². The van der Waals surface area contributed by atoms with E-state index in [2.05, 4.69) is 27.7 Å². The third-order valence-corrected chi connectivity index (χ3v) is 7.99. The second-order valence-electron chi connectivity index (χ2n) is 9.75. The van der Waals surface area contributed by atoms with Crippen molar-refractivity contribution in [2.75, 3.05) is 13.2 Å². The van der Waals surface area contributed by atoms with E-state index in [0.717, 1.165) is 38.5 Å². The van der Waals surface area contributed by atoms with Crippen molar-refractivity contribution < 1.29 is 20.1 Å². The molecule has 2 aliphatic carbocycles. The molecule has 2 saturated carbocycles. The van der Waals surface area contributed by atoms with E-state index in [9.17, 15) is 15.3 Å². The van der Waals surface area contributed by atoms with Crippen molar-refractivity contribution in [1.29, 1.82) is 0 Å². The van der Waals surface area contributed by atoms with Gasteiger partial charge in [-0.25, -0.2) is 0 Å². The molecule has 3 aliphatic rings. The fourth-order valence-corrected chi connectivity index (χ4v) is 6.98. The Labute approximate surface area is 146 Å². The summed E-state index contributed by atoms with van der Waals surface area (Å²) < 4.78 is 6.77. The minimum Gasteiger partial charge on any atom is -0.396 e. The third-order valence-electron chi connectivity index (χ3n) is 7.99. The number of ether oxygens (including phenoxy) is 1. The van der Waals surface area contributed by atoms with Gasteiger partial charge in [-0.3, -0.25) is 0 Å². The highest BCUT2D eigenvalue weighted by Gasteiger charge is 2.68. The van der Waals surface area contributed by atoms with E-state index >= 15 is 0 Å². The molecule has 1 spiro atoms. The van der Waals surface area contributed by atoms with E-state index in [1.807, 2.05) is 0 Å². The van der Waals surface area contributed by atoms with Gasteiger partial charge in [-0.05, 0) is 49.4 Å². The van der Waals surface area contributed by atoms with Crippen LogP contribution in [0.15, 0.2) is 0 Å². The lowest BCUT2D eigenvalue weighted by molar-refractivity contribution is -0.275. The van der Waals surface area contributed by atoms with Gasteiger partial charge in [-0.15, -0.1) is 0 Å². The van der Waals surface area contributed by atoms with Gasteiger partial charge in [0.2, 0.25) is 0 Å². The summed E-state index contributed by atoms with van der Waals surface area (Å²) in [6.07, 6.45) is 6.08. The van der Waals surface area contributed by atoms with E-state index in [4.69, 9.17) is 4.74 Å². The minimum atomic E-state index is -0.611. The van der Waals surface area contributed by atoms with E-state index in [0.29, 0.717) is 6.42 Å². The van der Waals surface area contributed by atoms with E-state index in [1.165, 1.54) is 0 Å². The number of rotatable bonds is 3. The summed E-state index contributed by atoms with van der Waals surface area (Å²) in [5.41, 5.74) is -0.893. The molecule has 0 bridgehead atoms. The van der Waals surface area contributed by atoms with Crippen LogP contribution >= 0.6 is 0 Å². The van der Waals surface area contributed by atoms with E-state index in [-0.39, 0.29) is 47.6 Å². The predicted molar refractivity (Wildman–Crippen MR) is 93.6 cm³/mol. The molecular formula is C20H36O4. The van der Waals surface area contributed by atoms with Crippen LogP contribution in [0.5, 0.6) is 0 Å². The van der Waals surface area contributed by atoms with Gasteiger partial charge in [0.05, 0.1) is 23.9 Å². The minimum absolute atomic E-state index is 0.0330. The highest BCUT2D eigenvalue weighted by molar-refractivity contribution is 5.17. The lowest BCUT2D eigenvalue weighted by atomic mass is 9.43. The van der Waals surface area contributed by atoms with Crippen molar-refractivity contribution in [3.8, 4) is 0 Å². The van der Waals surface area contributed by atoms with Gasteiger partial charge in [-0.2, -0.15) is 0 Å². The number of aliphatic hydroxyl groups is 3. The Morgan fingerprint density at radius 3 is 2.38 bits per heavy atom. The smallest absolute Gasteiger partial charge is 0.0942 e. The average Bonchev–Trinajstić information content (AvgIpc) is 2.87. The Morgan fingerprint density at radius 2 is 1.75 bits per heavy atom. The summed E-state index contributed by atoms with van der Waals surface area (Å²) in [4.78, 5) is 0. The fourth-order valence-electron chi connectivity index (χ4n) is 6.98. The molecular weight excluding hydrogens is 304 g/mol. The molecule has 1 saturated heterocycles. The van der Waals surface area contributed by atoms with Crippen molar-refractivity contribution in [3.05, 3.63) is 0 Å². The molecule has 0 aromatic heterocycles. The molecule has 0 aromatic rings. The largest absolute Gasteiger partial charge is 0.396 e. The van der Waals surface area contributed by atoms with Gasteiger partial charge in [0.15, 0.2) is 0 Å². The third kappa shape index (κ3) is 2.40. The normalized spacial score (nSPS) is 50.9. The zero-order chi connectivity index (χ0) is 17.8. The standard InChI is InChI=1S/C20H36O4/c1-14-12-15(23)16-17(2,3)6-5-7-18(16,4)20(14)9-8-19(13-22,24-20)10-11-21/h14-16,21-23H,5-13H2,1-4H3/t14-,15-,16+,18+,19+,20-/m1/s1. The Balaban J connectivity index is 2.03. The summed E-state index contributed by atoms with van der Waals surface area (Å²) in [5, 5.41) is 30.4. The predicted octanol–water partition coefficient (Wildman–Crippen LogP) is 2.88. The maximum absolute atomic E-state index is 11.0. The van der Waals surface area contributed by atoms with Gasteiger partial charge in [0.25, 0.3) is 0 Å². The molecule has 0 unspecified atom stereocenters. The van der Waals surface area contributed by atoms with Crippen LogP contribution in [0.25, 0.3) is 0 Å². The summed E-state index contributed by atoms with van der Waals surface area (Å²) in [5.74, 6) is 0.480. The molecule has 140 valence electrons. The first kappa shape index (κ1) is 18.6. The molecule has 0 amide bonds. The Kier molecular flexibility index (Phi) is 4.61. The number of hydrogen-bond acceptors (Lipinski definition) is 4. The first-order valence-corrected chi connectivity index (χ1v) is 9.76. The molecule has 4 nitrogen and oxygen atoms in total. The first-order chi connectivity index (χ1) is 11.2. The molecule has 3 rings (SSSR count). The molecule has 1 heterocycles. The Bertz CT molecular complexity index is 478. The van der Waals surface area contributed by atoms with Gasteiger partial charge in [0, 0.05) is 18.4 Å². The van der Waals surface area contributed by atoms with Gasteiger partial charge < -0.3 is 20.1 Å². The maximum Gasteiger partial charge on any atom is 0.0942 e. The van der Waals surface area contributed by atoms with E-state index in [1.54, 1.807) is 0 Å². The highest BCUT2D eigenvalue weighted by Crippen LogP contribution is 2.67. The van der Waals surface area contributed by atoms with Crippen LogP contribution in [0.2, 0.25) is 0 Å². The lowest BCUT2D eigenvalue weighted by Crippen LogP contribution is -2.66. The SMILES string of the molecule is C[C@@H]1C[C@@H](O)[C@H]2C(C)(C)CCC[C@]2(C)[C@@]12CC[C@@](CO)(CCO)O2. The van der Waals surface area contributed by atoms with Gasteiger partial charge in [0.1, 0.15) is 0 Å². The second-order valence-corrected chi connectivity index (χ2v) is 9.75. The molecule has 3 fully saturated rings. The summed E-state index contributed by atoms with van der Waals surface area (Å²) in [7, 11) is 0. The Morgan fingerprint density at radius 1 is 1.04 bits per heavy atom. The summed E-state index contributed by atoms with van der Waals surface area (Å²) >= 11 is 0. The number of hydrogen-bond donors (Lipinski definition) is 3. The maximum atomic E-state index is 11.0.